The Morgan fingerprint density at radius 3 is 3.09 bits per heavy atom. The third-order valence-electron chi connectivity index (χ3n) is 1.74. The van der Waals surface area contributed by atoms with Crippen LogP contribution in [0.3, 0.4) is 0 Å². The molecule has 1 atom stereocenters. The molecule has 0 spiro atoms. The molecule has 0 aliphatic carbocycles. The lowest BCUT2D eigenvalue weighted by molar-refractivity contribution is 0.243. The molecule has 1 rings (SSSR count). The van der Waals surface area contributed by atoms with E-state index >= 15 is 0 Å². The lowest BCUT2D eigenvalue weighted by Crippen LogP contribution is -2.36. The number of urea groups is 1. The number of hydrogen-bond donors (Lipinski definition) is 2. The van der Waals surface area contributed by atoms with E-state index in [1.165, 1.54) is 18.6 Å². The Bertz CT molecular complexity index is 134. The minimum absolute atomic E-state index is 0.0718. The molecular weight excluding hydrogens is 160 g/mol. The predicted octanol–water partition coefficient (Wildman–Crippen LogP) is 0.811. The number of carbonyl (C=O) groups is 1. The van der Waals surface area contributed by atoms with Crippen LogP contribution in [0.1, 0.15) is 12.8 Å². The van der Waals surface area contributed by atoms with Crippen LogP contribution in [-0.4, -0.2) is 30.6 Å². The zero-order valence-corrected chi connectivity index (χ0v) is 7.54. The molecule has 0 radical (unpaired) electrons. The van der Waals surface area contributed by atoms with E-state index in [1.807, 2.05) is 11.8 Å². The number of rotatable bonds is 2. The van der Waals surface area contributed by atoms with Gasteiger partial charge >= 0.3 is 6.03 Å². The first-order valence-electron chi connectivity index (χ1n) is 3.90. The van der Waals surface area contributed by atoms with Crippen molar-refractivity contribution in [3.05, 3.63) is 0 Å². The Kier molecular flexibility index (Phi) is 3.56. The minimum atomic E-state index is -0.0718. The Balaban J connectivity index is 2.06. The highest BCUT2D eigenvalue weighted by Crippen LogP contribution is 2.24. The Morgan fingerprint density at radius 1 is 1.73 bits per heavy atom. The molecule has 4 heteroatoms. The molecule has 0 aromatic carbocycles. The fourth-order valence-electron chi connectivity index (χ4n) is 1.10. The summed E-state index contributed by atoms with van der Waals surface area (Å²) in [6.07, 6.45) is 2.54. The van der Waals surface area contributed by atoms with Crippen LogP contribution in [0.2, 0.25) is 0 Å². The molecule has 11 heavy (non-hydrogen) atoms. The molecule has 2 amide bonds. The largest absolute Gasteiger partial charge is 0.341 e. The Hall–Kier alpha value is -0.380. The van der Waals surface area contributed by atoms with Crippen LogP contribution in [-0.2, 0) is 0 Å². The summed E-state index contributed by atoms with van der Waals surface area (Å²) in [6, 6.07) is -0.0718. The second kappa shape index (κ2) is 4.49. The van der Waals surface area contributed by atoms with Crippen molar-refractivity contribution in [3.63, 3.8) is 0 Å². The van der Waals surface area contributed by atoms with Crippen molar-refractivity contribution in [3.8, 4) is 0 Å². The van der Waals surface area contributed by atoms with E-state index < -0.39 is 0 Å². The lowest BCUT2D eigenvalue weighted by atomic mass is 10.2. The number of nitrogens with one attached hydrogen (secondary N) is 2. The molecule has 1 aliphatic rings. The summed E-state index contributed by atoms with van der Waals surface area (Å²) >= 11 is 1.95. The van der Waals surface area contributed by atoms with E-state index in [9.17, 15) is 4.79 Å². The maximum Gasteiger partial charge on any atom is 0.314 e. The van der Waals surface area contributed by atoms with E-state index in [0.29, 0.717) is 5.25 Å². The summed E-state index contributed by atoms with van der Waals surface area (Å²) in [5.74, 6) is 1.25. The highest BCUT2D eigenvalue weighted by Gasteiger charge is 2.15. The van der Waals surface area contributed by atoms with Crippen LogP contribution in [0, 0.1) is 0 Å². The standard InChI is InChI=1S/C7H14N2OS/c1-8-7(10)9-5-6-3-2-4-11-6/h6H,2-5H2,1H3,(H2,8,9,10). The zero-order chi connectivity index (χ0) is 8.10. The molecule has 1 heterocycles. The highest BCUT2D eigenvalue weighted by atomic mass is 32.2. The highest BCUT2D eigenvalue weighted by molar-refractivity contribution is 8.00. The van der Waals surface area contributed by atoms with Crippen molar-refractivity contribution in [1.29, 1.82) is 0 Å². The van der Waals surface area contributed by atoms with Gasteiger partial charge in [0.05, 0.1) is 0 Å². The first-order chi connectivity index (χ1) is 5.33. The monoisotopic (exact) mass is 174 g/mol. The molecule has 0 saturated carbocycles. The van der Waals surface area contributed by atoms with Crippen LogP contribution >= 0.6 is 11.8 Å². The van der Waals surface area contributed by atoms with Crippen molar-refractivity contribution in [1.82, 2.24) is 10.6 Å². The van der Waals surface area contributed by atoms with E-state index in [1.54, 1.807) is 7.05 Å². The second-order valence-corrected chi connectivity index (χ2v) is 4.00. The van der Waals surface area contributed by atoms with Crippen LogP contribution in [0.25, 0.3) is 0 Å². The first kappa shape index (κ1) is 8.71. The quantitative estimate of drug-likeness (QED) is 0.650. The second-order valence-electron chi connectivity index (χ2n) is 2.60. The summed E-state index contributed by atoms with van der Waals surface area (Å²) in [6.45, 7) is 0.810. The van der Waals surface area contributed by atoms with Gasteiger partial charge in [-0.15, -0.1) is 0 Å². The van der Waals surface area contributed by atoms with Crippen LogP contribution < -0.4 is 10.6 Å². The van der Waals surface area contributed by atoms with Gasteiger partial charge in [-0.3, -0.25) is 0 Å². The molecule has 1 saturated heterocycles. The summed E-state index contributed by atoms with van der Waals surface area (Å²) in [4.78, 5) is 10.7. The van der Waals surface area contributed by atoms with Gasteiger partial charge < -0.3 is 10.6 Å². The number of hydrogen-bond acceptors (Lipinski definition) is 2. The summed E-state index contributed by atoms with van der Waals surface area (Å²) in [7, 11) is 1.64. The van der Waals surface area contributed by atoms with Gasteiger partial charge in [0.25, 0.3) is 0 Å². The van der Waals surface area contributed by atoms with Crippen LogP contribution in [0.5, 0.6) is 0 Å². The van der Waals surface area contributed by atoms with E-state index in [2.05, 4.69) is 10.6 Å². The van der Waals surface area contributed by atoms with Gasteiger partial charge in [0, 0.05) is 18.8 Å². The van der Waals surface area contributed by atoms with Crippen molar-refractivity contribution < 1.29 is 4.79 Å². The predicted molar refractivity (Wildman–Crippen MR) is 47.9 cm³/mol. The van der Waals surface area contributed by atoms with Gasteiger partial charge in [-0.05, 0) is 18.6 Å². The van der Waals surface area contributed by atoms with Crippen LogP contribution in [0.4, 0.5) is 4.79 Å². The molecular formula is C7H14N2OS. The number of thioether (sulfide) groups is 1. The number of carbonyl (C=O) groups excluding carboxylic acids is 1. The molecule has 0 aromatic rings. The molecule has 0 aromatic heterocycles. The smallest absolute Gasteiger partial charge is 0.314 e. The van der Waals surface area contributed by atoms with Gasteiger partial charge in [0.2, 0.25) is 0 Å². The molecule has 1 unspecified atom stereocenters. The van der Waals surface area contributed by atoms with Crippen LogP contribution in [0.15, 0.2) is 0 Å². The van der Waals surface area contributed by atoms with Gasteiger partial charge in [0.1, 0.15) is 0 Å². The fraction of sp³-hybridized carbons (Fsp3) is 0.857. The lowest BCUT2D eigenvalue weighted by Gasteiger charge is -2.08. The molecule has 0 bridgehead atoms. The molecule has 3 nitrogen and oxygen atoms in total. The SMILES string of the molecule is CNC(=O)NCC1CCCS1. The minimum Gasteiger partial charge on any atom is -0.341 e. The summed E-state index contributed by atoms with van der Waals surface area (Å²) in [5.41, 5.74) is 0. The molecule has 1 aliphatic heterocycles. The van der Waals surface area contributed by atoms with Crippen molar-refractivity contribution in [2.24, 2.45) is 0 Å². The zero-order valence-electron chi connectivity index (χ0n) is 6.72. The van der Waals surface area contributed by atoms with Crippen molar-refractivity contribution in [2.75, 3.05) is 19.3 Å². The van der Waals surface area contributed by atoms with Gasteiger partial charge in [0.15, 0.2) is 0 Å². The fourth-order valence-corrected chi connectivity index (χ4v) is 2.30. The van der Waals surface area contributed by atoms with Gasteiger partial charge in [-0.2, -0.15) is 11.8 Å². The average molecular weight is 174 g/mol. The number of amides is 2. The van der Waals surface area contributed by atoms with E-state index in [-0.39, 0.29) is 6.03 Å². The van der Waals surface area contributed by atoms with Crippen molar-refractivity contribution >= 4 is 17.8 Å². The Labute approximate surface area is 71.3 Å². The van der Waals surface area contributed by atoms with E-state index in [0.717, 1.165) is 6.54 Å². The first-order valence-corrected chi connectivity index (χ1v) is 4.95. The Morgan fingerprint density at radius 2 is 2.55 bits per heavy atom. The maximum atomic E-state index is 10.7. The topological polar surface area (TPSA) is 41.1 Å². The third kappa shape index (κ3) is 3.01. The summed E-state index contributed by atoms with van der Waals surface area (Å²) in [5, 5.41) is 5.98. The molecule has 1 fully saturated rings. The van der Waals surface area contributed by atoms with Gasteiger partial charge in [-0.1, -0.05) is 0 Å². The third-order valence-corrected chi connectivity index (χ3v) is 3.14. The average Bonchev–Trinajstić information content (AvgIpc) is 2.52. The van der Waals surface area contributed by atoms with E-state index in [4.69, 9.17) is 0 Å². The summed E-state index contributed by atoms with van der Waals surface area (Å²) < 4.78 is 0. The molecule has 64 valence electrons. The van der Waals surface area contributed by atoms with Crippen molar-refractivity contribution in [2.45, 2.75) is 18.1 Å². The normalized spacial score (nSPS) is 23.2. The maximum absolute atomic E-state index is 10.7. The molecule has 2 N–H and O–H groups in total. The van der Waals surface area contributed by atoms with Gasteiger partial charge in [-0.25, -0.2) is 4.79 Å².